The van der Waals surface area contributed by atoms with Gasteiger partial charge in [-0.2, -0.15) is 0 Å². The van der Waals surface area contributed by atoms with Crippen LogP contribution in [-0.2, 0) is 13.1 Å². The number of hydrogen-bond acceptors (Lipinski definition) is 3. The number of thiazole rings is 1. The molecule has 0 radical (unpaired) electrons. The summed E-state index contributed by atoms with van der Waals surface area (Å²) in [7, 11) is 2.12. The lowest BCUT2D eigenvalue weighted by molar-refractivity contribution is -0.908. The molecule has 0 amide bonds. The molecule has 102 valence electrons. The Morgan fingerprint density at radius 1 is 1.25 bits per heavy atom. The highest BCUT2D eigenvalue weighted by Gasteiger charge is 2.09. The van der Waals surface area contributed by atoms with Crippen molar-refractivity contribution < 1.29 is 4.90 Å². The number of benzene rings is 1. The summed E-state index contributed by atoms with van der Waals surface area (Å²) in [6.45, 7) is 1.67. The first-order chi connectivity index (χ1) is 9.72. The van der Waals surface area contributed by atoms with Gasteiger partial charge in [0.1, 0.15) is 18.8 Å². The van der Waals surface area contributed by atoms with Crippen molar-refractivity contribution >= 4 is 16.3 Å². The molecular formula is C15H16N3OS+. The molecule has 4 nitrogen and oxygen atoms in total. The Kier molecular flexibility index (Phi) is 3.62. The average Bonchev–Trinajstić information content (AvgIpc) is 2.88. The summed E-state index contributed by atoms with van der Waals surface area (Å²) in [4.78, 5) is 18.5. The summed E-state index contributed by atoms with van der Waals surface area (Å²) < 4.78 is 1.58. The first kappa shape index (κ1) is 13.0. The smallest absolute Gasteiger partial charge is 0.258 e. The first-order valence-electron chi connectivity index (χ1n) is 6.53. The van der Waals surface area contributed by atoms with Crippen molar-refractivity contribution in [2.45, 2.75) is 13.1 Å². The van der Waals surface area contributed by atoms with Gasteiger partial charge >= 0.3 is 0 Å². The SMILES string of the molecule is C[NH+](Cc1ccccc1)Cc1cc(=O)n2ccsc2n1. The highest BCUT2D eigenvalue weighted by molar-refractivity contribution is 7.15. The van der Waals surface area contributed by atoms with Crippen LogP contribution in [0, 0.1) is 0 Å². The van der Waals surface area contributed by atoms with Gasteiger partial charge in [0.15, 0.2) is 4.96 Å². The zero-order chi connectivity index (χ0) is 13.9. The summed E-state index contributed by atoms with van der Waals surface area (Å²) in [6.07, 6.45) is 1.76. The van der Waals surface area contributed by atoms with E-state index in [1.165, 1.54) is 21.8 Å². The molecule has 20 heavy (non-hydrogen) atoms. The molecule has 0 saturated heterocycles. The third kappa shape index (κ3) is 2.79. The molecule has 0 aliphatic carbocycles. The molecule has 1 aromatic carbocycles. The van der Waals surface area contributed by atoms with Crippen LogP contribution in [0.5, 0.6) is 0 Å². The minimum absolute atomic E-state index is 0.00115. The molecular weight excluding hydrogens is 270 g/mol. The molecule has 0 spiro atoms. The molecule has 0 aliphatic rings. The maximum atomic E-state index is 11.9. The van der Waals surface area contributed by atoms with Crippen molar-refractivity contribution in [3.05, 3.63) is 69.6 Å². The van der Waals surface area contributed by atoms with Gasteiger partial charge in [0.25, 0.3) is 5.56 Å². The van der Waals surface area contributed by atoms with Gasteiger partial charge in [-0.15, -0.1) is 11.3 Å². The summed E-state index contributed by atoms with van der Waals surface area (Å²) in [6, 6.07) is 12.0. The Balaban J connectivity index is 1.77. The van der Waals surface area contributed by atoms with Gasteiger partial charge in [-0.05, 0) is 0 Å². The highest BCUT2D eigenvalue weighted by atomic mass is 32.1. The fourth-order valence-electron chi connectivity index (χ4n) is 2.29. The monoisotopic (exact) mass is 286 g/mol. The summed E-state index contributed by atoms with van der Waals surface area (Å²) >= 11 is 1.49. The Morgan fingerprint density at radius 2 is 2.05 bits per heavy atom. The van der Waals surface area contributed by atoms with E-state index in [2.05, 4.69) is 24.2 Å². The fourth-order valence-corrected chi connectivity index (χ4v) is 3.03. The van der Waals surface area contributed by atoms with Gasteiger partial charge in [-0.1, -0.05) is 30.3 Å². The lowest BCUT2D eigenvalue weighted by atomic mass is 10.2. The summed E-state index contributed by atoms with van der Waals surface area (Å²) in [5.74, 6) is 0. The molecule has 3 aromatic rings. The van der Waals surface area contributed by atoms with Crippen LogP contribution < -0.4 is 10.5 Å². The molecule has 0 bridgehead atoms. The first-order valence-corrected chi connectivity index (χ1v) is 7.41. The summed E-state index contributed by atoms with van der Waals surface area (Å²) in [5.41, 5.74) is 2.14. The molecule has 3 rings (SSSR count). The fraction of sp³-hybridized carbons (Fsp3) is 0.200. The van der Waals surface area contributed by atoms with Crippen LogP contribution in [0.15, 0.2) is 52.8 Å². The molecule has 1 atom stereocenters. The quantitative estimate of drug-likeness (QED) is 0.776. The highest BCUT2D eigenvalue weighted by Crippen LogP contribution is 2.06. The number of nitrogens with zero attached hydrogens (tertiary/aromatic N) is 2. The van der Waals surface area contributed by atoms with Gasteiger partial charge in [-0.3, -0.25) is 9.20 Å². The lowest BCUT2D eigenvalue weighted by Crippen LogP contribution is -3.06. The van der Waals surface area contributed by atoms with Crippen molar-refractivity contribution in [2.24, 2.45) is 0 Å². The maximum absolute atomic E-state index is 11.9. The van der Waals surface area contributed by atoms with E-state index >= 15 is 0 Å². The molecule has 5 heteroatoms. The Bertz CT molecular complexity index is 763. The maximum Gasteiger partial charge on any atom is 0.258 e. The van der Waals surface area contributed by atoms with Crippen molar-refractivity contribution in [1.82, 2.24) is 9.38 Å². The zero-order valence-electron chi connectivity index (χ0n) is 11.2. The number of rotatable bonds is 4. The van der Waals surface area contributed by atoms with Crippen LogP contribution in [0.4, 0.5) is 0 Å². The second-order valence-electron chi connectivity index (χ2n) is 4.94. The van der Waals surface area contributed by atoms with E-state index in [-0.39, 0.29) is 5.56 Å². The van der Waals surface area contributed by atoms with Gasteiger partial charge < -0.3 is 4.90 Å². The van der Waals surface area contributed by atoms with E-state index in [0.717, 1.165) is 23.7 Å². The van der Waals surface area contributed by atoms with Crippen LogP contribution in [0.1, 0.15) is 11.3 Å². The van der Waals surface area contributed by atoms with E-state index in [0.29, 0.717) is 0 Å². The predicted molar refractivity (Wildman–Crippen MR) is 80.1 cm³/mol. The minimum Gasteiger partial charge on any atom is -0.329 e. The van der Waals surface area contributed by atoms with Crippen molar-refractivity contribution in [3.63, 3.8) is 0 Å². The Labute approximate surface area is 120 Å². The van der Waals surface area contributed by atoms with Gasteiger partial charge in [0.05, 0.1) is 7.05 Å². The molecule has 0 saturated carbocycles. The van der Waals surface area contributed by atoms with Crippen LogP contribution in [0.2, 0.25) is 0 Å². The van der Waals surface area contributed by atoms with Crippen LogP contribution >= 0.6 is 11.3 Å². The standard InChI is InChI=1S/C15H15N3OS/c1-17(10-12-5-3-2-4-6-12)11-13-9-14(19)18-7-8-20-15(18)16-13/h2-9H,10-11H2,1H3/p+1. The van der Waals surface area contributed by atoms with E-state index in [4.69, 9.17) is 0 Å². The van der Waals surface area contributed by atoms with Gasteiger partial charge in [-0.25, -0.2) is 4.98 Å². The summed E-state index contributed by atoms with van der Waals surface area (Å²) in [5, 5.41) is 1.88. The predicted octanol–water partition coefficient (Wildman–Crippen LogP) is 0.971. The molecule has 0 fully saturated rings. The van der Waals surface area contributed by atoms with Crippen LogP contribution in [0.25, 0.3) is 4.96 Å². The molecule has 2 heterocycles. The van der Waals surface area contributed by atoms with Gasteiger partial charge in [0, 0.05) is 23.2 Å². The molecule has 0 aliphatic heterocycles. The Hall–Kier alpha value is -1.98. The number of fused-ring (bicyclic) bond motifs is 1. The second-order valence-corrected chi connectivity index (χ2v) is 5.81. The van der Waals surface area contributed by atoms with E-state index in [1.54, 1.807) is 16.7 Å². The van der Waals surface area contributed by atoms with E-state index in [9.17, 15) is 4.79 Å². The molecule has 1 unspecified atom stereocenters. The Morgan fingerprint density at radius 3 is 2.85 bits per heavy atom. The third-order valence-corrected chi connectivity index (χ3v) is 3.94. The van der Waals surface area contributed by atoms with Crippen LogP contribution in [0.3, 0.4) is 0 Å². The molecule has 1 N–H and O–H groups in total. The number of hydrogen-bond donors (Lipinski definition) is 1. The normalized spacial score (nSPS) is 12.7. The van der Waals surface area contributed by atoms with Crippen LogP contribution in [-0.4, -0.2) is 16.4 Å². The van der Waals surface area contributed by atoms with Crippen molar-refractivity contribution in [1.29, 1.82) is 0 Å². The van der Waals surface area contributed by atoms with E-state index < -0.39 is 0 Å². The topological polar surface area (TPSA) is 38.8 Å². The minimum atomic E-state index is -0.00115. The number of quaternary nitrogens is 1. The number of nitrogens with one attached hydrogen (secondary N) is 1. The van der Waals surface area contributed by atoms with Crippen molar-refractivity contribution in [2.75, 3.05) is 7.05 Å². The van der Waals surface area contributed by atoms with Crippen molar-refractivity contribution in [3.8, 4) is 0 Å². The molecule has 2 aromatic heterocycles. The second kappa shape index (κ2) is 5.56. The zero-order valence-corrected chi connectivity index (χ0v) is 12.1. The largest absolute Gasteiger partial charge is 0.329 e. The number of aromatic nitrogens is 2. The third-order valence-electron chi connectivity index (χ3n) is 3.19. The average molecular weight is 286 g/mol. The van der Waals surface area contributed by atoms with E-state index in [1.807, 2.05) is 23.6 Å². The lowest BCUT2D eigenvalue weighted by Gasteiger charge is -2.13. The van der Waals surface area contributed by atoms with Gasteiger partial charge in [0.2, 0.25) is 0 Å².